The molecule has 3 unspecified atom stereocenters. The Kier molecular flexibility index (Phi) is 10.3. The minimum absolute atomic E-state index is 0.0705. The van der Waals surface area contributed by atoms with E-state index >= 15 is 0 Å². The van der Waals surface area contributed by atoms with Crippen molar-refractivity contribution in [1.29, 1.82) is 0 Å². The first-order chi connectivity index (χ1) is 14.2. The molecule has 0 radical (unpaired) electrons. The Labute approximate surface area is 204 Å². The highest BCUT2D eigenvalue weighted by atomic mass is 29.3. The molecular weight excluding hydrogens is 465 g/mol. The van der Waals surface area contributed by atoms with Crippen LogP contribution in [0, 0.1) is 5.92 Å². The summed E-state index contributed by atoms with van der Waals surface area (Å²) >= 11 is 0. The zero-order valence-corrected chi connectivity index (χ0v) is 28.0. The Balaban J connectivity index is 0.000000320. The van der Waals surface area contributed by atoms with Crippen LogP contribution in [0.25, 0.3) is 0 Å². The SMILES string of the molecule is CC(C)CO[Si]1(C)CCC(C)(C)O[Si]1(C)C.CCC(C)O[Si]1(C)CCC(C)(C)O[Si]1(C)C. The minimum atomic E-state index is -1.64. The zero-order chi connectivity index (χ0) is 25.2. The van der Waals surface area contributed by atoms with Gasteiger partial charge in [0.1, 0.15) is 0 Å². The van der Waals surface area contributed by atoms with Gasteiger partial charge in [0.25, 0.3) is 0 Å². The van der Waals surface area contributed by atoms with Gasteiger partial charge in [0.05, 0.1) is 11.2 Å². The smallest absolute Gasteiger partial charge is 0.208 e. The van der Waals surface area contributed by atoms with Crippen molar-refractivity contribution in [2.45, 2.75) is 143 Å². The third-order valence-corrected chi connectivity index (χ3v) is 37.3. The number of rotatable bonds is 6. The molecule has 0 saturated carbocycles. The maximum Gasteiger partial charge on any atom is 0.208 e. The molecule has 2 saturated heterocycles. The second-order valence-electron chi connectivity index (χ2n) is 13.2. The van der Waals surface area contributed by atoms with E-state index in [0.717, 1.165) is 25.9 Å². The Bertz CT molecular complexity index is 605. The Hall–Kier alpha value is 0.708. The minimum Gasteiger partial charge on any atom is -0.417 e. The first-order valence-corrected chi connectivity index (χ1v) is 26.0. The van der Waals surface area contributed by atoms with E-state index in [1.54, 1.807) is 0 Å². The highest BCUT2D eigenvalue weighted by molar-refractivity contribution is 7.36. The quantitative estimate of drug-likeness (QED) is 0.338. The molecule has 3 atom stereocenters. The molecule has 2 fully saturated rings. The molecule has 0 aliphatic carbocycles. The summed E-state index contributed by atoms with van der Waals surface area (Å²) in [4.78, 5) is 0. The van der Waals surface area contributed by atoms with Crippen LogP contribution in [0.15, 0.2) is 0 Å². The molecular formula is C24H56O4Si4. The molecule has 0 amide bonds. The molecule has 2 aliphatic heterocycles. The van der Waals surface area contributed by atoms with Crippen molar-refractivity contribution in [2.75, 3.05) is 6.61 Å². The van der Waals surface area contributed by atoms with Crippen LogP contribution in [0.5, 0.6) is 0 Å². The zero-order valence-electron chi connectivity index (χ0n) is 24.0. The summed E-state index contributed by atoms with van der Waals surface area (Å²) in [7, 11) is -6.49. The third-order valence-electron chi connectivity index (χ3n) is 7.79. The lowest BCUT2D eigenvalue weighted by atomic mass is 10.1. The van der Waals surface area contributed by atoms with Gasteiger partial charge in [-0.3, -0.25) is 0 Å². The largest absolute Gasteiger partial charge is 0.417 e. The van der Waals surface area contributed by atoms with Gasteiger partial charge in [-0.2, -0.15) is 0 Å². The summed E-state index contributed by atoms with van der Waals surface area (Å²) in [6, 6.07) is 2.54. The summed E-state index contributed by atoms with van der Waals surface area (Å²) in [6.07, 6.45) is 3.82. The van der Waals surface area contributed by atoms with Gasteiger partial charge in [-0.1, -0.05) is 20.8 Å². The monoisotopic (exact) mass is 520 g/mol. The second kappa shape index (κ2) is 10.8. The molecule has 4 nitrogen and oxygen atoms in total. The fourth-order valence-electron chi connectivity index (χ4n) is 4.71. The maximum absolute atomic E-state index is 6.41. The molecule has 192 valence electrons. The van der Waals surface area contributed by atoms with Crippen LogP contribution in [0.4, 0.5) is 0 Å². The van der Waals surface area contributed by atoms with Gasteiger partial charge in [-0.15, -0.1) is 0 Å². The van der Waals surface area contributed by atoms with Crippen LogP contribution in [0.3, 0.4) is 0 Å². The van der Waals surface area contributed by atoms with Crippen molar-refractivity contribution in [3.05, 3.63) is 0 Å². The van der Waals surface area contributed by atoms with E-state index in [9.17, 15) is 0 Å². The van der Waals surface area contributed by atoms with Gasteiger partial charge in [0.15, 0.2) is 0 Å². The van der Waals surface area contributed by atoms with E-state index in [1.165, 1.54) is 12.1 Å². The fourth-order valence-corrected chi connectivity index (χ4v) is 24.2. The van der Waals surface area contributed by atoms with Crippen molar-refractivity contribution < 1.29 is 17.7 Å². The standard InChI is InChI=1S/2C12H28O2Si2/c1-11(2)10-13-16(7)9-8-12(3,4)14-15(16,5)6;1-8-11(2)13-16(7)10-9-12(3,4)14-15(16,5)6/h2*11H,8-10H2,1-7H3. The lowest BCUT2D eigenvalue weighted by Crippen LogP contribution is -2.67. The van der Waals surface area contributed by atoms with E-state index in [4.69, 9.17) is 17.7 Å². The summed E-state index contributed by atoms with van der Waals surface area (Å²) in [5.74, 6) is 0.629. The molecule has 2 aliphatic rings. The third kappa shape index (κ3) is 8.14. The molecule has 2 heterocycles. The van der Waals surface area contributed by atoms with Crippen LogP contribution in [0.2, 0.25) is 51.4 Å². The highest BCUT2D eigenvalue weighted by Crippen LogP contribution is 2.40. The van der Waals surface area contributed by atoms with Crippen LogP contribution in [0.1, 0.15) is 74.7 Å². The van der Waals surface area contributed by atoms with Crippen LogP contribution in [-0.2, 0) is 17.7 Å². The highest BCUT2D eigenvalue weighted by Gasteiger charge is 2.56. The first-order valence-electron chi connectivity index (χ1n) is 12.9. The molecule has 0 aromatic rings. The van der Waals surface area contributed by atoms with Gasteiger partial charge < -0.3 is 17.7 Å². The van der Waals surface area contributed by atoms with Crippen LogP contribution < -0.4 is 0 Å². The van der Waals surface area contributed by atoms with Gasteiger partial charge >= 0.3 is 0 Å². The van der Waals surface area contributed by atoms with Crippen molar-refractivity contribution in [3.63, 3.8) is 0 Å². The van der Waals surface area contributed by atoms with Crippen molar-refractivity contribution in [2.24, 2.45) is 5.92 Å². The lowest BCUT2D eigenvalue weighted by molar-refractivity contribution is 0.0814. The Morgan fingerprint density at radius 3 is 1.50 bits per heavy atom. The van der Waals surface area contributed by atoms with E-state index < -0.39 is 31.3 Å². The molecule has 0 bridgehead atoms. The molecule has 32 heavy (non-hydrogen) atoms. The number of hydrogen-bond acceptors (Lipinski definition) is 4. The number of hydrogen-bond donors (Lipinski definition) is 0. The molecule has 2 rings (SSSR count). The predicted molar refractivity (Wildman–Crippen MR) is 149 cm³/mol. The van der Waals surface area contributed by atoms with E-state index in [-0.39, 0.29) is 11.2 Å². The maximum atomic E-state index is 6.41. The van der Waals surface area contributed by atoms with Crippen molar-refractivity contribution >= 4 is 31.3 Å². The van der Waals surface area contributed by atoms with Crippen LogP contribution >= 0.6 is 0 Å². The summed E-state index contributed by atoms with van der Waals surface area (Å²) in [6.45, 7) is 32.8. The molecule has 0 spiro atoms. The van der Waals surface area contributed by atoms with Crippen molar-refractivity contribution in [3.8, 4) is 0 Å². The van der Waals surface area contributed by atoms with E-state index in [0.29, 0.717) is 12.0 Å². The summed E-state index contributed by atoms with van der Waals surface area (Å²) < 4.78 is 25.5. The molecule has 0 aromatic heterocycles. The van der Waals surface area contributed by atoms with E-state index in [1.807, 2.05) is 0 Å². The summed E-state index contributed by atoms with van der Waals surface area (Å²) in [5.41, 5.74) is 0.143. The van der Waals surface area contributed by atoms with Gasteiger partial charge in [0, 0.05) is 12.7 Å². The molecule has 0 aromatic carbocycles. The first kappa shape index (κ1) is 30.7. The average Bonchev–Trinajstić information content (AvgIpc) is 2.60. The molecule has 8 heteroatoms. The average molecular weight is 521 g/mol. The second-order valence-corrected chi connectivity index (χ2v) is 39.7. The predicted octanol–water partition coefficient (Wildman–Crippen LogP) is 7.58. The Morgan fingerprint density at radius 2 is 1.16 bits per heavy atom. The fraction of sp³-hybridized carbons (Fsp3) is 1.00. The van der Waals surface area contributed by atoms with Gasteiger partial charge in [-0.05, 0) is 111 Å². The molecule has 0 N–H and O–H groups in total. The lowest BCUT2D eigenvalue weighted by Gasteiger charge is -2.50. The Morgan fingerprint density at radius 1 is 0.750 bits per heavy atom. The van der Waals surface area contributed by atoms with Gasteiger partial charge in [0.2, 0.25) is 31.3 Å². The normalized spacial score (nSPS) is 33.8. The topological polar surface area (TPSA) is 36.9 Å². The van der Waals surface area contributed by atoms with E-state index in [2.05, 4.69) is 94.7 Å². The summed E-state index contributed by atoms with van der Waals surface area (Å²) in [5, 5.41) is 0. The van der Waals surface area contributed by atoms with Gasteiger partial charge in [-0.25, -0.2) is 0 Å². The van der Waals surface area contributed by atoms with Crippen LogP contribution in [-0.4, -0.2) is 55.3 Å². The van der Waals surface area contributed by atoms with Crippen molar-refractivity contribution in [1.82, 2.24) is 0 Å².